The van der Waals surface area contributed by atoms with Crippen molar-refractivity contribution in [2.24, 2.45) is 0 Å². The maximum absolute atomic E-state index is 3.34. The minimum absolute atomic E-state index is 0.0650. The number of rotatable bonds is 0. The Balaban J connectivity index is 2.32. The third-order valence-electron chi connectivity index (χ3n) is 2.32. The van der Waals surface area contributed by atoms with E-state index >= 15 is 0 Å². The van der Waals surface area contributed by atoms with E-state index < -0.39 is 0 Å². The molecule has 0 saturated heterocycles. The molecule has 13 heavy (non-hydrogen) atoms. The van der Waals surface area contributed by atoms with Crippen LogP contribution in [0.3, 0.4) is 0 Å². The van der Waals surface area contributed by atoms with Gasteiger partial charge in [-0.05, 0) is 0 Å². The molecule has 0 amide bonds. The molecule has 1 atom stereocenters. The van der Waals surface area contributed by atoms with Gasteiger partial charge >= 0.3 is 84.1 Å². The topological polar surface area (TPSA) is 0 Å². The van der Waals surface area contributed by atoms with Crippen LogP contribution in [0, 0.1) is 6.07 Å². The van der Waals surface area contributed by atoms with Gasteiger partial charge in [-0.15, -0.1) is 0 Å². The average molecular weight is 227 g/mol. The fraction of sp³-hybridized carbons (Fsp3) is 0. The van der Waals surface area contributed by atoms with Gasteiger partial charge in [0.1, 0.15) is 0 Å². The second-order valence-corrected chi connectivity index (χ2v) is 5.91. The summed E-state index contributed by atoms with van der Waals surface area (Å²) in [5.74, 6) is 0. The Labute approximate surface area is 84.3 Å². The molecule has 0 N–H and O–H groups in total. The van der Waals surface area contributed by atoms with Crippen LogP contribution in [0.5, 0.6) is 0 Å². The Morgan fingerprint density at radius 1 is 0.923 bits per heavy atom. The molecular formula is C12H8As. The van der Waals surface area contributed by atoms with Crippen LogP contribution in [-0.2, 0) is 0 Å². The quantitative estimate of drug-likeness (QED) is 0.499. The summed E-state index contributed by atoms with van der Waals surface area (Å²) in [4.78, 5) is 0. The zero-order valence-electron chi connectivity index (χ0n) is 7.04. The van der Waals surface area contributed by atoms with Gasteiger partial charge in [-0.25, -0.2) is 0 Å². The van der Waals surface area contributed by atoms with Crippen LogP contribution in [0.1, 0.15) is 0 Å². The number of benzene rings is 2. The molecule has 3 rings (SSSR count). The molecule has 2 aromatic carbocycles. The predicted molar refractivity (Wildman–Crippen MR) is 57.1 cm³/mol. The van der Waals surface area contributed by atoms with Gasteiger partial charge in [0.15, 0.2) is 0 Å². The summed E-state index contributed by atoms with van der Waals surface area (Å²) in [7, 11) is 0. The molecule has 0 bridgehead atoms. The number of hydrogen-bond donors (Lipinski definition) is 0. The fourth-order valence-corrected chi connectivity index (χ4v) is 4.50. The molecular weight excluding hydrogens is 219 g/mol. The molecule has 0 aromatic heterocycles. The first-order valence-electron chi connectivity index (χ1n) is 4.32. The van der Waals surface area contributed by atoms with Gasteiger partial charge in [-0.2, -0.15) is 0 Å². The third-order valence-corrected chi connectivity index (χ3v) is 5.24. The molecule has 0 fully saturated rings. The summed E-state index contributed by atoms with van der Waals surface area (Å²) in [6, 6.07) is 18.4. The van der Waals surface area contributed by atoms with Gasteiger partial charge in [0, 0.05) is 0 Å². The molecule has 2 aromatic rings. The summed E-state index contributed by atoms with van der Waals surface area (Å²) in [6.07, 6.45) is 0. The SMILES string of the molecule is [c]1cccc2c1-c1ccccc1[AsH]2. The van der Waals surface area contributed by atoms with E-state index in [4.69, 9.17) is 0 Å². The summed E-state index contributed by atoms with van der Waals surface area (Å²) >= 11 is -0.0650. The summed E-state index contributed by atoms with van der Waals surface area (Å²) in [5, 5.41) is 0. The average Bonchev–Trinajstić information content (AvgIpc) is 2.56. The number of hydrogen-bond acceptors (Lipinski definition) is 0. The second kappa shape index (κ2) is 2.75. The van der Waals surface area contributed by atoms with Crippen LogP contribution in [-0.4, -0.2) is 15.8 Å². The van der Waals surface area contributed by atoms with Gasteiger partial charge in [-0.1, -0.05) is 0 Å². The standard InChI is InChI=1S/C12H8As/c1-3-7-11-9(5-1)10-6-2-4-8-12(10)13-11/h1-5,7-8,13H. The first-order valence-corrected chi connectivity index (χ1v) is 6.42. The minimum atomic E-state index is -0.0650. The Bertz CT molecular complexity index is 417. The van der Waals surface area contributed by atoms with Gasteiger partial charge in [0.05, 0.1) is 0 Å². The van der Waals surface area contributed by atoms with Crippen molar-refractivity contribution in [3.63, 3.8) is 0 Å². The first kappa shape index (κ1) is 7.41. The van der Waals surface area contributed by atoms with Crippen molar-refractivity contribution >= 4 is 24.5 Å². The van der Waals surface area contributed by atoms with Crippen molar-refractivity contribution in [2.45, 2.75) is 0 Å². The van der Waals surface area contributed by atoms with E-state index in [2.05, 4.69) is 42.5 Å². The molecule has 0 aliphatic carbocycles. The van der Waals surface area contributed by atoms with Crippen LogP contribution < -0.4 is 8.70 Å². The summed E-state index contributed by atoms with van der Waals surface area (Å²) in [5.41, 5.74) is 2.76. The van der Waals surface area contributed by atoms with Crippen molar-refractivity contribution in [1.29, 1.82) is 0 Å². The normalized spacial score (nSPS) is 12.3. The maximum atomic E-state index is 3.34. The summed E-state index contributed by atoms with van der Waals surface area (Å²) < 4.78 is 3.09. The van der Waals surface area contributed by atoms with Crippen LogP contribution >= 0.6 is 0 Å². The zero-order chi connectivity index (χ0) is 8.67. The van der Waals surface area contributed by atoms with Crippen LogP contribution in [0.4, 0.5) is 0 Å². The molecule has 0 spiro atoms. The molecule has 1 aliphatic heterocycles. The predicted octanol–water partition coefficient (Wildman–Crippen LogP) is 0.854. The van der Waals surface area contributed by atoms with Gasteiger partial charge in [0.2, 0.25) is 0 Å². The van der Waals surface area contributed by atoms with E-state index in [0.717, 1.165) is 0 Å². The third kappa shape index (κ3) is 1.06. The Hall–Kier alpha value is -1.00. The van der Waals surface area contributed by atoms with Crippen LogP contribution in [0.25, 0.3) is 11.1 Å². The molecule has 61 valence electrons. The van der Waals surface area contributed by atoms with E-state index in [1.54, 1.807) is 4.35 Å². The van der Waals surface area contributed by atoms with Crippen LogP contribution in [0.2, 0.25) is 0 Å². The molecule has 1 radical (unpaired) electrons. The fourth-order valence-electron chi connectivity index (χ4n) is 1.72. The molecule has 0 saturated carbocycles. The molecule has 1 heterocycles. The van der Waals surface area contributed by atoms with Gasteiger partial charge in [0.25, 0.3) is 0 Å². The van der Waals surface area contributed by atoms with Gasteiger partial charge < -0.3 is 0 Å². The Morgan fingerprint density at radius 2 is 1.77 bits per heavy atom. The molecule has 1 heteroatoms. The van der Waals surface area contributed by atoms with Crippen molar-refractivity contribution in [3.8, 4) is 11.1 Å². The van der Waals surface area contributed by atoms with Crippen molar-refractivity contribution < 1.29 is 0 Å². The summed E-state index contributed by atoms with van der Waals surface area (Å²) in [6.45, 7) is 0. The first-order chi connectivity index (χ1) is 6.45. The van der Waals surface area contributed by atoms with E-state index in [1.807, 2.05) is 6.07 Å². The van der Waals surface area contributed by atoms with E-state index in [-0.39, 0.29) is 15.8 Å². The van der Waals surface area contributed by atoms with Gasteiger partial charge in [-0.3, -0.25) is 0 Å². The second-order valence-electron chi connectivity index (χ2n) is 3.13. The zero-order valence-corrected chi connectivity index (χ0v) is 9.14. The molecule has 0 nitrogen and oxygen atoms in total. The van der Waals surface area contributed by atoms with Crippen molar-refractivity contribution in [2.75, 3.05) is 0 Å². The van der Waals surface area contributed by atoms with E-state index in [9.17, 15) is 0 Å². The Morgan fingerprint density at radius 3 is 2.77 bits per heavy atom. The monoisotopic (exact) mass is 227 g/mol. The van der Waals surface area contributed by atoms with Crippen molar-refractivity contribution in [3.05, 3.63) is 48.5 Å². The van der Waals surface area contributed by atoms with Crippen LogP contribution in [0.15, 0.2) is 42.5 Å². The van der Waals surface area contributed by atoms with E-state index in [1.165, 1.54) is 15.5 Å². The molecule has 1 aliphatic rings. The number of fused-ring (bicyclic) bond motifs is 3. The Kier molecular flexibility index (Phi) is 1.57. The molecule has 1 unspecified atom stereocenters. The van der Waals surface area contributed by atoms with E-state index in [0.29, 0.717) is 0 Å². The van der Waals surface area contributed by atoms with Crippen molar-refractivity contribution in [1.82, 2.24) is 0 Å².